The van der Waals surface area contributed by atoms with Crippen molar-refractivity contribution in [2.75, 3.05) is 4.90 Å². The van der Waals surface area contributed by atoms with E-state index in [1.807, 2.05) is 78.9 Å². The highest BCUT2D eigenvalue weighted by atomic mass is 35.5. The minimum atomic E-state index is 0.697. The lowest BCUT2D eigenvalue weighted by Gasteiger charge is -2.27. The summed E-state index contributed by atoms with van der Waals surface area (Å²) in [5, 5.41) is 0.697. The molecule has 0 heterocycles. The Bertz CT molecular complexity index is 1000. The lowest BCUT2D eigenvalue weighted by Crippen LogP contribution is -2.26. The van der Waals surface area contributed by atoms with Crippen molar-refractivity contribution < 1.29 is 0 Å². The molecule has 3 heteroatoms. The minimum absolute atomic E-state index is 0.697. The fraction of sp³-hybridized carbons (Fsp3) is 0. The van der Waals surface area contributed by atoms with E-state index in [-0.39, 0.29) is 0 Å². The fourth-order valence-electron chi connectivity index (χ4n) is 3.02. The zero-order valence-corrected chi connectivity index (χ0v) is 16.0. The van der Waals surface area contributed by atoms with E-state index in [0.717, 1.165) is 28.5 Å². The summed E-state index contributed by atoms with van der Waals surface area (Å²) in [7, 11) is 0. The second-order valence-electron chi connectivity index (χ2n) is 6.28. The van der Waals surface area contributed by atoms with Crippen molar-refractivity contribution in [2.45, 2.75) is 0 Å². The van der Waals surface area contributed by atoms with Crippen molar-refractivity contribution in [2.24, 2.45) is 4.99 Å². The van der Waals surface area contributed by atoms with Crippen LogP contribution in [0.2, 0.25) is 5.02 Å². The first-order valence-electron chi connectivity index (χ1n) is 9.11. The molecule has 0 bridgehead atoms. The third-order valence-electron chi connectivity index (χ3n) is 4.33. The monoisotopic (exact) mass is 382 g/mol. The van der Waals surface area contributed by atoms with Gasteiger partial charge in [0.1, 0.15) is 5.84 Å². The molecule has 4 aromatic carbocycles. The predicted molar refractivity (Wildman–Crippen MR) is 119 cm³/mol. The summed E-state index contributed by atoms with van der Waals surface area (Å²) in [6.45, 7) is 0. The third kappa shape index (κ3) is 4.13. The molecular weight excluding hydrogens is 364 g/mol. The molecule has 0 saturated carbocycles. The van der Waals surface area contributed by atoms with Crippen molar-refractivity contribution in [3.8, 4) is 0 Å². The highest BCUT2D eigenvalue weighted by Crippen LogP contribution is 2.29. The number of para-hydroxylation sites is 2. The van der Waals surface area contributed by atoms with Crippen LogP contribution in [0.1, 0.15) is 5.56 Å². The van der Waals surface area contributed by atoms with Crippen LogP contribution in [-0.4, -0.2) is 5.84 Å². The van der Waals surface area contributed by atoms with Gasteiger partial charge >= 0.3 is 0 Å². The SMILES string of the molecule is Clc1ccc(N=C(c2ccccc2)N(c2ccccc2)c2ccccc2)cc1. The molecule has 0 aliphatic carbocycles. The van der Waals surface area contributed by atoms with Crippen LogP contribution in [0.4, 0.5) is 17.1 Å². The van der Waals surface area contributed by atoms with Gasteiger partial charge in [-0.1, -0.05) is 78.3 Å². The highest BCUT2D eigenvalue weighted by molar-refractivity contribution is 6.30. The third-order valence-corrected chi connectivity index (χ3v) is 4.59. The van der Waals surface area contributed by atoms with Crippen molar-refractivity contribution in [3.63, 3.8) is 0 Å². The van der Waals surface area contributed by atoms with E-state index in [4.69, 9.17) is 16.6 Å². The van der Waals surface area contributed by atoms with Gasteiger partial charge in [-0.3, -0.25) is 4.90 Å². The quantitative estimate of drug-likeness (QED) is 0.268. The molecule has 0 saturated heterocycles. The van der Waals surface area contributed by atoms with Gasteiger partial charge in [0.2, 0.25) is 0 Å². The first kappa shape index (κ1) is 18.0. The average Bonchev–Trinajstić information content (AvgIpc) is 2.77. The zero-order valence-electron chi connectivity index (χ0n) is 15.2. The van der Waals surface area contributed by atoms with E-state index >= 15 is 0 Å². The molecule has 0 amide bonds. The normalized spacial score (nSPS) is 11.2. The number of rotatable bonds is 4. The van der Waals surface area contributed by atoms with Crippen LogP contribution in [0.5, 0.6) is 0 Å². The summed E-state index contributed by atoms with van der Waals surface area (Å²) < 4.78 is 0. The molecule has 0 aliphatic rings. The number of amidine groups is 1. The largest absolute Gasteiger partial charge is 0.295 e. The maximum atomic E-state index is 6.06. The molecule has 0 atom stereocenters. The van der Waals surface area contributed by atoms with Gasteiger partial charge in [0.25, 0.3) is 0 Å². The van der Waals surface area contributed by atoms with Crippen LogP contribution < -0.4 is 4.90 Å². The van der Waals surface area contributed by atoms with Gasteiger partial charge in [0.05, 0.1) is 5.69 Å². The molecule has 2 nitrogen and oxygen atoms in total. The number of nitrogens with zero attached hydrogens (tertiary/aromatic N) is 2. The van der Waals surface area contributed by atoms with Crippen LogP contribution in [-0.2, 0) is 0 Å². The molecule has 4 aromatic rings. The second-order valence-corrected chi connectivity index (χ2v) is 6.72. The maximum absolute atomic E-state index is 6.06. The van der Waals surface area contributed by atoms with Crippen LogP contribution in [0.15, 0.2) is 120 Å². The van der Waals surface area contributed by atoms with Crippen molar-refractivity contribution in [1.82, 2.24) is 0 Å². The number of halogens is 1. The van der Waals surface area contributed by atoms with Gasteiger partial charge in [-0.25, -0.2) is 4.99 Å². The molecule has 0 N–H and O–H groups in total. The van der Waals surface area contributed by atoms with E-state index in [9.17, 15) is 0 Å². The van der Waals surface area contributed by atoms with E-state index in [2.05, 4.69) is 41.3 Å². The Balaban J connectivity index is 1.92. The van der Waals surface area contributed by atoms with E-state index in [1.165, 1.54) is 0 Å². The van der Waals surface area contributed by atoms with Crippen LogP contribution in [0.25, 0.3) is 0 Å². The van der Waals surface area contributed by atoms with Gasteiger partial charge in [-0.15, -0.1) is 0 Å². The first-order chi connectivity index (χ1) is 13.8. The van der Waals surface area contributed by atoms with E-state index in [0.29, 0.717) is 5.02 Å². The molecule has 136 valence electrons. The number of benzene rings is 4. The Morgan fingerprint density at radius 2 is 1.04 bits per heavy atom. The standard InChI is InChI=1S/C25H19ClN2/c26-21-16-18-22(19-17-21)27-25(20-10-4-1-5-11-20)28(23-12-6-2-7-13-23)24-14-8-3-9-15-24/h1-19H. The maximum Gasteiger partial charge on any atom is 0.145 e. The van der Waals surface area contributed by atoms with Crippen molar-refractivity contribution in [1.29, 1.82) is 0 Å². The minimum Gasteiger partial charge on any atom is -0.295 e. The molecule has 0 aliphatic heterocycles. The number of aliphatic imine (C=N–C) groups is 1. The Labute approximate surface area is 170 Å². The molecule has 0 unspecified atom stereocenters. The molecule has 0 aromatic heterocycles. The van der Waals surface area contributed by atoms with Crippen molar-refractivity contribution in [3.05, 3.63) is 126 Å². The Morgan fingerprint density at radius 1 is 0.571 bits per heavy atom. The predicted octanol–water partition coefficient (Wildman–Crippen LogP) is 7.26. The van der Waals surface area contributed by atoms with E-state index < -0.39 is 0 Å². The summed E-state index contributed by atoms with van der Waals surface area (Å²) in [6, 6.07) is 38.4. The number of hydrogen-bond donors (Lipinski definition) is 0. The Hall–Kier alpha value is -3.36. The van der Waals surface area contributed by atoms with Crippen LogP contribution in [0.3, 0.4) is 0 Å². The molecule has 28 heavy (non-hydrogen) atoms. The number of anilines is 2. The highest BCUT2D eigenvalue weighted by Gasteiger charge is 2.18. The summed E-state index contributed by atoms with van der Waals surface area (Å²) in [5.41, 5.74) is 3.97. The lowest BCUT2D eigenvalue weighted by molar-refractivity contribution is 1.31. The van der Waals surface area contributed by atoms with Gasteiger partial charge in [-0.2, -0.15) is 0 Å². The van der Waals surface area contributed by atoms with Crippen molar-refractivity contribution >= 4 is 34.5 Å². The second kappa shape index (κ2) is 8.55. The summed E-state index contributed by atoms with van der Waals surface area (Å²) in [5.74, 6) is 0.848. The van der Waals surface area contributed by atoms with Gasteiger partial charge in [-0.05, 0) is 48.5 Å². The first-order valence-corrected chi connectivity index (χ1v) is 9.49. The zero-order chi connectivity index (χ0) is 19.2. The fourth-order valence-corrected chi connectivity index (χ4v) is 3.14. The molecule has 0 spiro atoms. The van der Waals surface area contributed by atoms with Gasteiger partial charge < -0.3 is 0 Å². The summed E-state index contributed by atoms with van der Waals surface area (Å²) in [4.78, 5) is 7.18. The Morgan fingerprint density at radius 3 is 1.54 bits per heavy atom. The van der Waals surface area contributed by atoms with E-state index in [1.54, 1.807) is 0 Å². The molecular formula is C25H19ClN2. The topological polar surface area (TPSA) is 15.6 Å². The summed E-state index contributed by atoms with van der Waals surface area (Å²) in [6.07, 6.45) is 0. The van der Waals surface area contributed by atoms with Crippen LogP contribution in [0, 0.1) is 0 Å². The Kier molecular flexibility index (Phi) is 5.51. The molecule has 0 radical (unpaired) electrons. The van der Waals surface area contributed by atoms with Gasteiger partial charge in [0.15, 0.2) is 0 Å². The average molecular weight is 383 g/mol. The molecule has 4 rings (SSSR count). The summed E-state index contributed by atoms with van der Waals surface area (Å²) >= 11 is 6.06. The van der Waals surface area contributed by atoms with Crippen LogP contribution >= 0.6 is 11.6 Å². The number of hydrogen-bond acceptors (Lipinski definition) is 1. The molecule has 0 fully saturated rings. The lowest BCUT2D eigenvalue weighted by atomic mass is 10.1. The van der Waals surface area contributed by atoms with Gasteiger partial charge in [0, 0.05) is 22.0 Å². The smallest absolute Gasteiger partial charge is 0.145 e.